The molecule has 0 unspecified atom stereocenters. The topological polar surface area (TPSA) is 120 Å². The molecule has 0 aliphatic heterocycles. The molecule has 2 heterocycles. The first-order valence-corrected chi connectivity index (χ1v) is 8.92. The van der Waals surface area contributed by atoms with Crippen LogP contribution in [0.1, 0.15) is 63.9 Å². The number of primary amides is 1. The summed E-state index contributed by atoms with van der Waals surface area (Å²) in [4.78, 5) is 15.4. The molecule has 0 radical (unpaired) electrons. The van der Waals surface area contributed by atoms with E-state index in [1.54, 1.807) is 0 Å². The lowest BCUT2D eigenvalue weighted by Crippen LogP contribution is -2.31. The number of hydrogen-bond acceptors (Lipinski definition) is 5. The Morgan fingerprint density at radius 1 is 1.36 bits per heavy atom. The maximum absolute atomic E-state index is 10.9. The number of pyridine rings is 1. The number of rotatable bonds is 5. The van der Waals surface area contributed by atoms with Crippen molar-refractivity contribution in [3.05, 3.63) is 17.8 Å². The van der Waals surface area contributed by atoms with Gasteiger partial charge in [0.15, 0.2) is 5.65 Å². The van der Waals surface area contributed by atoms with Crippen LogP contribution in [-0.2, 0) is 4.74 Å². The van der Waals surface area contributed by atoms with Gasteiger partial charge in [-0.15, -0.1) is 0 Å². The molecular formula is C18H27N5O2. The monoisotopic (exact) mass is 345 g/mol. The fraction of sp³-hybridized carbons (Fsp3) is 0.611. The molecule has 1 saturated carbocycles. The number of carbonyl (C=O) groups excluding carboxylic acids is 1. The lowest BCUT2D eigenvalue weighted by molar-refractivity contribution is 0.0327. The Kier molecular flexibility index (Phi) is 4.83. The van der Waals surface area contributed by atoms with Gasteiger partial charge in [-0.25, -0.2) is 9.78 Å². The molecule has 0 saturated heterocycles. The summed E-state index contributed by atoms with van der Waals surface area (Å²) >= 11 is 0. The number of aromatic nitrogens is 3. The van der Waals surface area contributed by atoms with Gasteiger partial charge in [0.25, 0.3) is 0 Å². The summed E-state index contributed by atoms with van der Waals surface area (Å²) in [5, 5.41) is 7.76. The summed E-state index contributed by atoms with van der Waals surface area (Å²) in [6, 6.07) is 2.12. The second-order valence-corrected chi connectivity index (χ2v) is 7.71. The first-order valence-electron chi connectivity index (χ1n) is 8.92. The van der Waals surface area contributed by atoms with E-state index in [1.165, 1.54) is 18.4 Å². The number of nitrogens with one attached hydrogen (secondary N) is 1. The molecule has 0 bridgehead atoms. The van der Waals surface area contributed by atoms with Crippen LogP contribution in [0.2, 0.25) is 0 Å². The first kappa shape index (κ1) is 17.5. The van der Waals surface area contributed by atoms with E-state index in [-0.39, 0.29) is 0 Å². The number of nitrogens with two attached hydrogens (primary N) is 2. The van der Waals surface area contributed by atoms with Crippen LogP contribution in [-0.4, -0.2) is 26.9 Å². The molecule has 5 N–H and O–H groups in total. The highest BCUT2D eigenvalue weighted by atomic mass is 16.6. The molecule has 7 heteroatoms. The minimum atomic E-state index is -0.699. The van der Waals surface area contributed by atoms with Crippen molar-refractivity contribution in [3.8, 4) is 0 Å². The maximum atomic E-state index is 10.9. The molecule has 25 heavy (non-hydrogen) atoms. The predicted octanol–water partition coefficient (Wildman–Crippen LogP) is 3.47. The number of H-pyrrole nitrogens is 1. The van der Waals surface area contributed by atoms with Crippen molar-refractivity contribution in [3.63, 3.8) is 0 Å². The van der Waals surface area contributed by atoms with E-state index in [0.29, 0.717) is 23.3 Å². The molecular weight excluding hydrogens is 318 g/mol. The number of ether oxygens (including phenoxy) is 1. The number of hydrogen-bond donors (Lipinski definition) is 3. The summed E-state index contributed by atoms with van der Waals surface area (Å²) in [6.07, 6.45) is 7.77. The second-order valence-electron chi connectivity index (χ2n) is 7.71. The lowest BCUT2D eigenvalue weighted by atomic mass is 9.76. The van der Waals surface area contributed by atoms with Gasteiger partial charge in [0.1, 0.15) is 11.4 Å². The molecule has 0 aromatic carbocycles. The largest absolute Gasteiger partial charge is 0.444 e. The van der Waals surface area contributed by atoms with Crippen LogP contribution >= 0.6 is 0 Å². The van der Waals surface area contributed by atoms with Crippen LogP contribution in [0.4, 0.5) is 10.6 Å². The van der Waals surface area contributed by atoms with E-state index in [9.17, 15) is 4.79 Å². The molecule has 0 atom stereocenters. The third-order valence-corrected chi connectivity index (χ3v) is 5.31. The number of anilines is 1. The van der Waals surface area contributed by atoms with Crippen molar-refractivity contribution in [2.24, 2.45) is 11.7 Å². The molecule has 0 spiro atoms. The third kappa shape index (κ3) is 4.21. The minimum absolute atomic E-state index is 0.490. The first-order chi connectivity index (χ1) is 11.8. The van der Waals surface area contributed by atoms with E-state index >= 15 is 0 Å². The highest BCUT2D eigenvalue weighted by Crippen LogP contribution is 2.39. The highest BCUT2D eigenvalue weighted by Gasteiger charge is 2.27. The molecule has 2 aromatic heterocycles. The van der Waals surface area contributed by atoms with Crippen molar-refractivity contribution in [1.82, 2.24) is 15.2 Å². The average molecular weight is 345 g/mol. The predicted molar refractivity (Wildman–Crippen MR) is 97.0 cm³/mol. The SMILES string of the molecule is CC(C)(CCC1CCC(c2cnc3n[nH]c(N)c3c2)CC1)OC(N)=O. The Bertz CT molecular complexity index is 747. The summed E-state index contributed by atoms with van der Waals surface area (Å²) in [5.74, 6) is 1.77. The zero-order chi connectivity index (χ0) is 18.0. The number of aromatic amines is 1. The van der Waals surface area contributed by atoms with Crippen molar-refractivity contribution in [2.45, 2.75) is 63.9 Å². The van der Waals surface area contributed by atoms with Crippen LogP contribution in [0, 0.1) is 5.92 Å². The van der Waals surface area contributed by atoms with Gasteiger partial charge in [-0.05, 0) is 75.8 Å². The van der Waals surface area contributed by atoms with Crippen molar-refractivity contribution in [2.75, 3.05) is 5.73 Å². The van der Waals surface area contributed by atoms with Crippen molar-refractivity contribution < 1.29 is 9.53 Å². The van der Waals surface area contributed by atoms with E-state index in [2.05, 4.69) is 21.2 Å². The van der Waals surface area contributed by atoms with E-state index < -0.39 is 11.7 Å². The molecule has 136 valence electrons. The highest BCUT2D eigenvalue weighted by molar-refractivity contribution is 5.86. The number of nitrogens with zero attached hydrogens (tertiary/aromatic N) is 2. The zero-order valence-electron chi connectivity index (χ0n) is 14.9. The second kappa shape index (κ2) is 6.90. The Morgan fingerprint density at radius 2 is 2.08 bits per heavy atom. The number of fused-ring (bicyclic) bond motifs is 1. The Morgan fingerprint density at radius 3 is 2.76 bits per heavy atom. The fourth-order valence-corrected chi connectivity index (χ4v) is 3.82. The number of amides is 1. The van der Waals surface area contributed by atoms with Gasteiger partial charge in [-0.3, -0.25) is 5.10 Å². The molecule has 1 aliphatic rings. The average Bonchev–Trinajstić information content (AvgIpc) is 2.93. The van der Waals surface area contributed by atoms with Gasteiger partial charge >= 0.3 is 6.09 Å². The van der Waals surface area contributed by atoms with Gasteiger partial charge in [0, 0.05) is 6.20 Å². The molecule has 7 nitrogen and oxygen atoms in total. The van der Waals surface area contributed by atoms with Crippen LogP contribution in [0.15, 0.2) is 12.3 Å². The van der Waals surface area contributed by atoms with Crippen LogP contribution in [0.3, 0.4) is 0 Å². The summed E-state index contributed by atoms with van der Waals surface area (Å²) in [6.45, 7) is 3.83. The minimum Gasteiger partial charge on any atom is -0.444 e. The van der Waals surface area contributed by atoms with Crippen molar-refractivity contribution >= 4 is 22.9 Å². The molecule has 1 aliphatic carbocycles. The Hall–Kier alpha value is -2.31. The van der Waals surface area contributed by atoms with Crippen molar-refractivity contribution in [1.29, 1.82) is 0 Å². The summed E-state index contributed by atoms with van der Waals surface area (Å²) < 4.78 is 5.17. The van der Waals surface area contributed by atoms with Gasteiger partial charge < -0.3 is 16.2 Å². The molecule has 1 fully saturated rings. The van der Waals surface area contributed by atoms with Gasteiger partial charge in [-0.2, -0.15) is 5.10 Å². The van der Waals surface area contributed by atoms with Gasteiger partial charge in [0.2, 0.25) is 0 Å². The van der Waals surface area contributed by atoms with E-state index in [1.807, 2.05) is 20.0 Å². The molecule has 1 amide bonds. The quantitative estimate of drug-likeness (QED) is 0.766. The Labute approximate surface area is 147 Å². The van der Waals surface area contributed by atoms with Gasteiger partial charge in [0.05, 0.1) is 5.39 Å². The number of carbonyl (C=O) groups is 1. The standard InChI is InChI=1S/C18H27N5O2/c1-18(2,25-17(20)24)8-7-11-3-5-12(6-4-11)13-9-14-15(19)22-23-16(14)21-10-13/h9-12H,3-8H2,1-2H3,(H2,20,24)(H3,19,21,22,23). The van der Waals surface area contributed by atoms with Crippen LogP contribution in [0.25, 0.3) is 11.0 Å². The molecule has 3 rings (SSSR count). The zero-order valence-corrected chi connectivity index (χ0v) is 14.9. The smallest absolute Gasteiger partial charge is 0.405 e. The normalized spacial score (nSPS) is 21.4. The third-order valence-electron chi connectivity index (χ3n) is 5.31. The fourth-order valence-electron chi connectivity index (χ4n) is 3.82. The lowest BCUT2D eigenvalue weighted by Gasteiger charge is -2.31. The van der Waals surface area contributed by atoms with Crippen LogP contribution in [0.5, 0.6) is 0 Å². The maximum Gasteiger partial charge on any atom is 0.405 e. The van der Waals surface area contributed by atoms with E-state index in [0.717, 1.165) is 31.1 Å². The van der Waals surface area contributed by atoms with Crippen LogP contribution < -0.4 is 11.5 Å². The molecule has 2 aromatic rings. The number of nitrogen functional groups attached to an aromatic ring is 1. The Balaban J connectivity index is 1.54. The summed E-state index contributed by atoms with van der Waals surface area (Å²) in [5.41, 5.74) is 12.5. The van der Waals surface area contributed by atoms with E-state index in [4.69, 9.17) is 16.2 Å². The van der Waals surface area contributed by atoms with Gasteiger partial charge in [-0.1, -0.05) is 0 Å². The summed E-state index contributed by atoms with van der Waals surface area (Å²) in [7, 11) is 0.